The number of ether oxygens (including phenoxy) is 2. The van der Waals surface area contributed by atoms with Gasteiger partial charge in [-0.05, 0) is 67.0 Å². The number of nitrogens with zero attached hydrogens (tertiary/aromatic N) is 2. The van der Waals surface area contributed by atoms with E-state index in [0.717, 1.165) is 42.6 Å². The fourth-order valence-corrected chi connectivity index (χ4v) is 4.99. The van der Waals surface area contributed by atoms with Crippen molar-refractivity contribution in [2.24, 2.45) is 11.8 Å². The summed E-state index contributed by atoms with van der Waals surface area (Å²) in [5.74, 6) is -1.13. The van der Waals surface area contributed by atoms with Crippen molar-refractivity contribution >= 4 is 23.3 Å². The number of hydrogen-bond acceptors (Lipinski definition) is 7. The molecule has 2 aromatic carbocycles. The van der Waals surface area contributed by atoms with Gasteiger partial charge in [0.1, 0.15) is 5.82 Å². The van der Waals surface area contributed by atoms with Crippen molar-refractivity contribution in [3.05, 3.63) is 71.1 Å². The number of rotatable bonds is 13. The highest BCUT2D eigenvalue weighted by molar-refractivity contribution is 6.16. The molecule has 1 aliphatic rings. The fourth-order valence-electron chi connectivity index (χ4n) is 4.99. The van der Waals surface area contributed by atoms with Crippen LogP contribution >= 0.6 is 0 Å². The predicted molar refractivity (Wildman–Crippen MR) is 166 cm³/mol. The minimum Gasteiger partial charge on any atom is -0.419 e. The van der Waals surface area contributed by atoms with E-state index in [1.54, 1.807) is 13.8 Å². The minimum absolute atomic E-state index is 0.0238. The number of anilines is 2. The summed E-state index contributed by atoms with van der Waals surface area (Å²) >= 11 is 0. The van der Waals surface area contributed by atoms with E-state index in [2.05, 4.69) is 69.1 Å². The third kappa shape index (κ3) is 9.27. The molecule has 1 aliphatic heterocycles. The molecule has 0 amide bonds. The van der Waals surface area contributed by atoms with Crippen LogP contribution in [0.3, 0.4) is 0 Å². The van der Waals surface area contributed by atoms with Gasteiger partial charge in [0.2, 0.25) is 0 Å². The molecule has 0 saturated carbocycles. The maximum atomic E-state index is 13.4. The highest BCUT2D eigenvalue weighted by atomic mass is 16.7. The second-order valence-electron chi connectivity index (χ2n) is 12.7. The quantitative estimate of drug-likeness (QED) is 0.158. The molecular formula is C34H49N3O4. The highest BCUT2D eigenvalue weighted by Crippen LogP contribution is 2.30. The normalized spacial score (nSPS) is 15.4. The van der Waals surface area contributed by atoms with Crippen molar-refractivity contribution in [1.29, 1.82) is 0 Å². The van der Waals surface area contributed by atoms with E-state index in [-0.39, 0.29) is 11.6 Å². The molecule has 7 heteroatoms. The van der Waals surface area contributed by atoms with E-state index in [1.807, 2.05) is 43.3 Å². The molecule has 224 valence electrons. The van der Waals surface area contributed by atoms with Crippen LogP contribution in [0.1, 0.15) is 78.9 Å². The maximum Gasteiger partial charge on any atom is 0.352 e. The summed E-state index contributed by atoms with van der Waals surface area (Å²) in [6.07, 6.45) is 4.05. The van der Waals surface area contributed by atoms with Gasteiger partial charge in [-0.1, -0.05) is 64.8 Å². The number of hydrogen-bond donors (Lipinski definition) is 1. The van der Waals surface area contributed by atoms with Crippen LogP contribution in [0.15, 0.2) is 59.9 Å². The van der Waals surface area contributed by atoms with Crippen LogP contribution in [-0.4, -0.2) is 42.8 Å². The Kier molecular flexibility index (Phi) is 10.9. The van der Waals surface area contributed by atoms with E-state index < -0.39 is 17.7 Å². The first kappa shape index (κ1) is 32.0. The lowest BCUT2D eigenvalue weighted by atomic mass is 10.0. The second kappa shape index (κ2) is 13.9. The van der Waals surface area contributed by atoms with Crippen molar-refractivity contribution in [2.75, 3.05) is 24.3 Å². The van der Waals surface area contributed by atoms with Crippen LogP contribution in [-0.2, 0) is 32.0 Å². The largest absolute Gasteiger partial charge is 0.419 e. The molecule has 1 fully saturated rings. The van der Waals surface area contributed by atoms with Crippen LogP contribution in [0.2, 0.25) is 0 Å². The molecule has 1 unspecified atom stereocenters. The third-order valence-corrected chi connectivity index (χ3v) is 7.21. The summed E-state index contributed by atoms with van der Waals surface area (Å²) in [5, 5.41) is 3.43. The second-order valence-corrected chi connectivity index (χ2v) is 12.7. The smallest absolute Gasteiger partial charge is 0.352 e. The number of carbonyl (C=O) groups is 2. The fraction of sp³-hybridized carbons (Fsp3) is 0.529. The molecule has 7 nitrogen and oxygen atoms in total. The van der Waals surface area contributed by atoms with Gasteiger partial charge in [-0.2, -0.15) is 0 Å². The lowest BCUT2D eigenvalue weighted by Gasteiger charge is -2.37. The lowest BCUT2D eigenvalue weighted by molar-refractivity contribution is -0.222. The van der Waals surface area contributed by atoms with Gasteiger partial charge in [0.15, 0.2) is 5.57 Å². The average Bonchev–Trinajstić information content (AvgIpc) is 2.86. The Morgan fingerprint density at radius 1 is 0.805 bits per heavy atom. The first-order valence-corrected chi connectivity index (χ1v) is 14.9. The van der Waals surface area contributed by atoms with Crippen molar-refractivity contribution in [3.63, 3.8) is 0 Å². The van der Waals surface area contributed by atoms with Gasteiger partial charge in [0.25, 0.3) is 5.79 Å². The molecule has 0 bridgehead atoms. The van der Waals surface area contributed by atoms with Gasteiger partial charge in [-0.15, -0.1) is 0 Å². The molecule has 0 aliphatic carbocycles. The number of nitrogens with one attached hydrogen (secondary N) is 1. The SMILES string of the molecule is CC(C)CCCC(C)N(Cc1ccc(CC(C)C)cc1)C(Nc1ccc(N(C)C)cc1)=C1C(=O)OC(C)(C)OC1=O. The van der Waals surface area contributed by atoms with E-state index in [0.29, 0.717) is 24.2 Å². The molecule has 1 saturated heterocycles. The van der Waals surface area contributed by atoms with Gasteiger partial charge in [-0.3, -0.25) is 0 Å². The van der Waals surface area contributed by atoms with Crippen LogP contribution in [0.4, 0.5) is 11.4 Å². The van der Waals surface area contributed by atoms with E-state index in [4.69, 9.17) is 9.47 Å². The average molecular weight is 564 g/mol. The van der Waals surface area contributed by atoms with E-state index in [1.165, 1.54) is 5.56 Å². The molecule has 0 radical (unpaired) electrons. The summed E-state index contributed by atoms with van der Waals surface area (Å²) in [7, 11) is 3.97. The first-order valence-electron chi connectivity index (χ1n) is 14.9. The maximum absolute atomic E-state index is 13.4. The molecule has 3 rings (SSSR count). The number of benzene rings is 2. The monoisotopic (exact) mass is 563 g/mol. The molecule has 2 aromatic rings. The zero-order valence-electron chi connectivity index (χ0n) is 26.4. The Labute approximate surface area is 246 Å². The Bertz CT molecular complexity index is 1180. The van der Waals surface area contributed by atoms with E-state index in [9.17, 15) is 9.59 Å². The predicted octanol–water partition coefficient (Wildman–Crippen LogP) is 7.13. The molecule has 0 aromatic heterocycles. The van der Waals surface area contributed by atoms with Crippen LogP contribution in [0.5, 0.6) is 0 Å². The van der Waals surface area contributed by atoms with Gasteiger partial charge >= 0.3 is 11.9 Å². The lowest BCUT2D eigenvalue weighted by Crippen LogP contribution is -2.45. The molecule has 1 heterocycles. The molecule has 41 heavy (non-hydrogen) atoms. The summed E-state index contributed by atoms with van der Waals surface area (Å²) in [5.41, 5.74) is 4.07. The van der Waals surface area contributed by atoms with Crippen LogP contribution in [0.25, 0.3) is 0 Å². The molecule has 0 spiro atoms. The number of esters is 2. The van der Waals surface area contributed by atoms with Crippen molar-refractivity contribution in [1.82, 2.24) is 4.90 Å². The highest BCUT2D eigenvalue weighted by Gasteiger charge is 2.42. The third-order valence-electron chi connectivity index (χ3n) is 7.21. The molecule has 1 N–H and O–H groups in total. The first-order chi connectivity index (χ1) is 19.3. The molecule has 1 atom stereocenters. The van der Waals surface area contributed by atoms with Crippen molar-refractivity contribution in [2.45, 2.75) is 92.5 Å². The van der Waals surface area contributed by atoms with Crippen molar-refractivity contribution in [3.8, 4) is 0 Å². The van der Waals surface area contributed by atoms with E-state index >= 15 is 0 Å². The number of carbonyl (C=O) groups excluding carboxylic acids is 2. The summed E-state index contributed by atoms with van der Waals surface area (Å²) in [6.45, 7) is 14.7. The van der Waals surface area contributed by atoms with Crippen molar-refractivity contribution < 1.29 is 19.1 Å². The summed E-state index contributed by atoms with van der Waals surface area (Å²) < 4.78 is 11.1. The molecular weight excluding hydrogens is 514 g/mol. The summed E-state index contributed by atoms with van der Waals surface area (Å²) in [4.78, 5) is 30.9. The van der Waals surface area contributed by atoms with Crippen LogP contribution in [0, 0.1) is 11.8 Å². The van der Waals surface area contributed by atoms with Gasteiger partial charge in [0, 0.05) is 51.9 Å². The Hall–Kier alpha value is -3.48. The number of cyclic esters (lactones) is 2. The Morgan fingerprint density at radius 2 is 1.37 bits per heavy atom. The van der Waals surface area contributed by atoms with Gasteiger partial charge in [0.05, 0.1) is 0 Å². The standard InChI is InChI=1S/C34H49N3O4/c1-23(2)11-10-12-25(5)37(22-27-15-13-26(14-16-27)21-24(3)4)31(30-32(38)40-34(6,7)41-33(30)39)35-28-17-19-29(20-18-28)36(8)9/h13-20,23-25,35H,10-12,21-22H2,1-9H3. The minimum atomic E-state index is -1.32. The van der Waals surface area contributed by atoms with Crippen LogP contribution < -0.4 is 10.2 Å². The Morgan fingerprint density at radius 3 is 1.88 bits per heavy atom. The topological polar surface area (TPSA) is 71.1 Å². The van der Waals surface area contributed by atoms with Gasteiger partial charge < -0.3 is 24.6 Å². The zero-order chi connectivity index (χ0) is 30.3. The Balaban J connectivity index is 2.08. The summed E-state index contributed by atoms with van der Waals surface area (Å²) in [6, 6.07) is 16.5. The zero-order valence-corrected chi connectivity index (χ0v) is 26.4. The van der Waals surface area contributed by atoms with Gasteiger partial charge in [-0.25, -0.2) is 9.59 Å².